The summed E-state index contributed by atoms with van der Waals surface area (Å²) in [6.07, 6.45) is 1.97. The molecule has 1 aromatic heterocycles. The normalized spacial score (nSPS) is 12.5. The van der Waals surface area contributed by atoms with Gasteiger partial charge in [-0.25, -0.2) is 0 Å². The molecule has 0 aliphatic rings. The van der Waals surface area contributed by atoms with E-state index >= 15 is 0 Å². The smallest absolute Gasteiger partial charge is 0.227 e. The SMILES string of the molecule is CC(C)Cc1ccc(C(C)C(=O)NCCCn2c3ccccc3c3ccccc32)cc1. The number of fused-ring (bicyclic) bond motifs is 3. The van der Waals surface area contributed by atoms with Crippen LogP contribution in [0.4, 0.5) is 0 Å². The Bertz CT molecular complexity index is 1120. The molecule has 3 heteroatoms. The maximum Gasteiger partial charge on any atom is 0.227 e. The molecule has 31 heavy (non-hydrogen) atoms. The summed E-state index contributed by atoms with van der Waals surface area (Å²) in [6, 6.07) is 25.6. The molecule has 0 bridgehead atoms. The van der Waals surface area contributed by atoms with E-state index in [0.717, 1.165) is 24.9 Å². The molecule has 1 unspecified atom stereocenters. The molecule has 0 fully saturated rings. The Morgan fingerprint density at radius 2 is 1.42 bits per heavy atom. The molecule has 1 N–H and O–H groups in total. The van der Waals surface area contributed by atoms with Crippen molar-refractivity contribution in [3.8, 4) is 0 Å². The van der Waals surface area contributed by atoms with Crippen LogP contribution in [0.25, 0.3) is 21.8 Å². The molecular weight excluding hydrogens is 380 g/mol. The highest BCUT2D eigenvalue weighted by Crippen LogP contribution is 2.28. The summed E-state index contributed by atoms with van der Waals surface area (Å²) in [7, 11) is 0. The summed E-state index contributed by atoms with van der Waals surface area (Å²) < 4.78 is 2.37. The molecule has 0 aliphatic heterocycles. The van der Waals surface area contributed by atoms with Gasteiger partial charge in [0.2, 0.25) is 5.91 Å². The van der Waals surface area contributed by atoms with Gasteiger partial charge in [0.25, 0.3) is 0 Å². The Morgan fingerprint density at radius 1 is 0.839 bits per heavy atom. The lowest BCUT2D eigenvalue weighted by Crippen LogP contribution is -2.29. The summed E-state index contributed by atoms with van der Waals surface area (Å²) >= 11 is 0. The Balaban J connectivity index is 1.36. The molecule has 3 nitrogen and oxygen atoms in total. The van der Waals surface area contributed by atoms with Gasteiger partial charge >= 0.3 is 0 Å². The maximum absolute atomic E-state index is 12.7. The predicted molar refractivity (Wildman–Crippen MR) is 130 cm³/mol. The van der Waals surface area contributed by atoms with Gasteiger partial charge in [-0.2, -0.15) is 0 Å². The first-order chi connectivity index (χ1) is 15.0. The van der Waals surface area contributed by atoms with Gasteiger partial charge in [-0.05, 0) is 48.9 Å². The number of nitrogens with one attached hydrogen (secondary N) is 1. The third kappa shape index (κ3) is 4.66. The first-order valence-corrected chi connectivity index (χ1v) is 11.4. The maximum atomic E-state index is 12.7. The van der Waals surface area contributed by atoms with Crippen LogP contribution in [0.1, 0.15) is 44.2 Å². The lowest BCUT2D eigenvalue weighted by Gasteiger charge is -2.14. The van der Waals surface area contributed by atoms with E-state index in [1.54, 1.807) is 0 Å². The second kappa shape index (κ2) is 9.38. The van der Waals surface area contributed by atoms with Crippen molar-refractivity contribution in [2.75, 3.05) is 6.54 Å². The first kappa shape index (κ1) is 21.2. The zero-order chi connectivity index (χ0) is 21.8. The highest BCUT2D eigenvalue weighted by Gasteiger charge is 2.15. The molecule has 0 aliphatic carbocycles. The van der Waals surface area contributed by atoms with Crippen LogP contribution in [0, 0.1) is 5.92 Å². The minimum atomic E-state index is -0.138. The van der Waals surface area contributed by atoms with Crippen LogP contribution in [0.15, 0.2) is 72.8 Å². The Labute approximate surface area is 185 Å². The van der Waals surface area contributed by atoms with Crippen LogP contribution < -0.4 is 5.32 Å². The molecule has 1 atom stereocenters. The Morgan fingerprint density at radius 3 is 2.00 bits per heavy atom. The average molecular weight is 413 g/mol. The Hall–Kier alpha value is -3.07. The molecule has 4 rings (SSSR count). The van der Waals surface area contributed by atoms with E-state index in [9.17, 15) is 4.79 Å². The highest BCUT2D eigenvalue weighted by molar-refractivity contribution is 6.07. The summed E-state index contributed by atoms with van der Waals surface area (Å²) in [6.45, 7) is 7.99. The fourth-order valence-corrected chi connectivity index (χ4v) is 4.41. The molecule has 0 saturated carbocycles. The monoisotopic (exact) mass is 412 g/mol. The van der Waals surface area contributed by atoms with Gasteiger partial charge in [0.15, 0.2) is 0 Å². The molecule has 0 spiro atoms. The zero-order valence-corrected chi connectivity index (χ0v) is 18.8. The number of hydrogen-bond donors (Lipinski definition) is 1. The molecule has 0 saturated heterocycles. The molecule has 1 amide bonds. The number of amides is 1. The quantitative estimate of drug-likeness (QED) is 0.338. The van der Waals surface area contributed by atoms with Crippen molar-refractivity contribution in [1.29, 1.82) is 0 Å². The van der Waals surface area contributed by atoms with Crippen LogP contribution in [0.2, 0.25) is 0 Å². The number of rotatable bonds is 8. The van der Waals surface area contributed by atoms with E-state index in [4.69, 9.17) is 0 Å². The zero-order valence-electron chi connectivity index (χ0n) is 18.8. The number of aromatic nitrogens is 1. The molecule has 1 heterocycles. The second-order valence-electron chi connectivity index (χ2n) is 8.89. The summed E-state index contributed by atoms with van der Waals surface area (Å²) in [5, 5.41) is 5.71. The average Bonchev–Trinajstić information content (AvgIpc) is 3.10. The van der Waals surface area contributed by atoms with Crippen molar-refractivity contribution >= 4 is 27.7 Å². The van der Waals surface area contributed by atoms with Gasteiger partial charge in [0.1, 0.15) is 0 Å². The number of aryl methyl sites for hydroxylation is 1. The fourth-order valence-electron chi connectivity index (χ4n) is 4.41. The van der Waals surface area contributed by atoms with Crippen LogP contribution in [0.5, 0.6) is 0 Å². The van der Waals surface area contributed by atoms with E-state index in [1.165, 1.54) is 27.4 Å². The van der Waals surface area contributed by atoms with Gasteiger partial charge in [0.05, 0.1) is 5.92 Å². The highest BCUT2D eigenvalue weighted by atomic mass is 16.1. The summed E-state index contributed by atoms with van der Waals surface area (Å²) in [4.78, 5) is 12.7. The number of carbonyl (C=O) groups is 1. The van der Waals surface area contributed by atoms with Crippen LogP contribution in [-0.2, 0) is 17.8 Å². The van der Waals surface area contributed by atoms with E-state index in [-0.39, 0.29) is 11.8 Å². The van der Waals surface area contributed by atoms with Crippen molar-refractivity contribution < 1.29 is 4.79 Å². The molecular formula is C28H32N2O. The van der Waals surface area contributed by atoms with Crippen molar-refractivity contribution in [3.63, 3.8) is 0 Å². The number of carbonyl (C=O) groups excluding carboxylic acids is 1. The van der Waals surface area contributed by atoms with Crippen LogP contribution in [-0.4, -0.2) is 17.0 Å². The third-order valence-corrected chi connectivity index (χ3v) is 6.05. The van der Waals surface area contributed by atoms with Gasteiger partial charge in [-0.15, -0.1) is 0 Å². The van der Waals surface area contributed by atoms with Crippen LogP contribution >= 0.6 is 0 Å². The van der Waals surface area contributed by atoms with E-state index in [2.05, 4.69) is 96.5 Å². The summed E-state index contributed by atoms with van der Waals surface area (Å²) in [5.41, 5.74) is 4.92. The molecule has 4 aromatic rings. The number of benzene rings is 3. The summed E-state index contributed by atoms with van der Waals surface area (Å²) in [5.74, 6) is 0.598. The first-order valence-electron chi connectivity index (χ1n) is 11.4. The van der Waals surface area contributed by atoms with Crippen molar-refractivity contribution in [2.45, 2.75) is 46.1 Å². The Kier molecular flexibility index (Phi) is 6.41. The van der Waals surface area contributed by atoms with Crippen molar-refractivity contribution in [3.05, 3.63) is 83.9 Å². The van der Waals surface area contributed by atoms with Gasteiger partial charge in [-0.3, -0.25) is 4.79 Å². The minimum absolute atomic E-state index is 0.0961. The second-order valence-corrected chi connectivity index (χ2v) is 8.89. The number of para-hydroxylation sites is 2. The topological polar surface area (TPSA) is 34.0 Å². The lowest BCUT2D eigenvalue weighted by molar-refractivity contribution is -0.122. The van der Waals surface area contributed by atoms with Gasteiger partial charge < -0.3 is 9.88 Å². The molecule has 0 radical (unpaired) electrons. The largest absolute Gasteiger partial charge is 0.356 e. The number of nitrogens with zero attached hydrogens (tertiary/aromatic N) is 1. The third-order valence-electron chi connectivity index (χ3n) is 6.05. The van der Waals surface area contributed by atoms with E-state index in [1.807, 2.05) is 6.92 Å². The molecule has 160 valence electrons. The van der Waals surface area contributed by atoms with Crippen molar-refractivity contribution in [1.82, 2.24) is 9.88 Å². The predicted octanol–water partition coefficient (Wildman–Crippen LogP) is 6.30. The van der Waals surface area contributed by atoms with Crippen molar-refractivity contribution in [2.24, 2.45) is 5.92 Å². The van der Waals surface area contributed by atoms with Gasteiger partial charge in [-0.1, -0.05) is 74.5 Å². The lowest BCUT2D eigenvalue weighted by atomic mass is 9.96. The minimum Gasteiger partial charge on any atom is -0.356 e. The van der Waals surface area contributed by atoms with E-state index < -0.39 is 0 Å². The van der Waals surface area contributed by atoms with Crippen LogP contribution in [0.3, 0.4) is 0 Å². The fraction of sp³-hybridized carbons (Fsp3) is 0.321. The van der Waals surface area contributed by atoms with E-state index in [0.29, 0.717) is 12.5 Å². The number of hydrogen-bond acceptors (Lipinski definition) is 1. The standard InChI is InChI=1S/C28H32N2O/c1-20(2)19-22-13-15-23(16-14-22)21(3)28(31)29-17-8-18-30-26-11-6-4-9-24(26)25-10-5-7-12-27(25)30/h4-7,9-16,20-21H,8,17-19H2,1-3H3,(H,29,31). The molecule has 3 aromatic carbocycles. The van der Waals surface area contributed by atoms with Gasteiger partial charge in [0, 0.05) is 34.9 Å².